The minimum absolute atomic E-state index is 0.00489. The average Bonchev–Trinajstić information content (AvgIpc) is 2.36. The van der Waals surface area contributed by atoms with Crippen molar-refractivity contribution in [2.24, 2.45) is 0 Å². The Kier molecular flexibility index (Phi) is 11.8. The van der Waals surface area contributed by atoms with E-state index in [0.29, 0.717) is 39.3 Å². The van der Waals surface area contributed by atoms with Crippen LogP contribution in [0.4, 0.5) is 0 Å². The van der Waals surface area contributed by atoms with Gasteiger partial charge in [0.1, 0.15) is 6.61 Å². The lowest BCUT2D eigenvalue weighted by Gasteiger charge is -2.06. The minimum atomic E-state index is -0.286. The molecule has 0 saturated carbocycles. The molecular weight excluding hydrogens is 238 g/mol. The van der Waals surface area contributed by atoms with Gasteiger partial charge in [0.25, 0.3) is 0 Å². The van der Waals surface area contributed by atoms with Crippen LogP contribution in [0.25, 0.3) is 0 Å². The standard InChI is InChI=1S/C12H23NO5/c1-3-17-7-8-18-10-12(15)13-9-11(14)5-4-6-16-2/h3-10H2,1-2H3,(H,13,15). The molecule has 0 aromatic rings. The molecule has 0 saturated heterocycles. The van der Waals surface area contributed by atoms with Gasteiger partial charge in [-0.1, -0.05) is 0 Å². The summed E-state index contributed by atoms with van der Waals surface area (Å²) in [7, 11) is 1.59. The largest absolute Gasteiger partial charge is 0.385 e. The summed E-state index contributed by atoms with van der Waals surface area (Å²) in [4.78, 5) is 22.6. The van der Waals surface area contributed by atoms with Crippen molar-refractivity contribution >= 4 is 11.7 Å². The van der Waals surface area contributed by atoms with Gasteiger partial charge in [0.05, 0.1) is 19.8 Å². The number of hydrogen-bond donors (Lipinski definition) is 1. The highest BCUT2D eigenvalue weighted by Gasteiger charge is 2.05. The van der Waals surface area contributed by atoms with E-state index in [9.17, 15) is 9.59 Å². The third kappa shape index (κ3) is 11.5. The Morgan fingerprint density at radius 3 is 2.50 bits per heavy atom. The highest BCUT2D eigenvalue weighted by atomic mass is 16.5. The molecule has 0 atom stereocenters. The first-order valence-electron chi connectivity index (χ1n) is 6.13. The summed E-state index contributed by atoms with van der Waals surface area (Å²) in [6.45, 7) is 3.94. The number of carbonyl (C=O) groups is 2. The van der Waals surface area contributed by atoms with Gasteiger partial charge in [-0.3, -0.25) is 9.59 Å². The van der Waals surface area contributed by atoms with Crippen LogP contribution >= 0.6 is 0 Å². The summed E-state index contributed by atoms with van der Waals surface area (Å²) < 4.78 is 14.9. The first kappa shape index (κ1) is 17.0. The van der Waals surface area contributed by atoms with E-state index in [2.05, 4.69) is 5.32 Å². The average molecular weight is 261 g/mol. The van der Waals surface area contributed by atoms with Crippen LogP contribution in [0.1, 0.15) is 19.8 Å². The highest BCUT2D eigenvalue weighted by Crippen LogP contribution is 1.90. The molecule has 0 aromatic heterocycles. The predicted molar refractivity (Wildman–Crippen MR) is 66.4 cm³/mol. The van der Waals surface area contributed by atoms with Gasteiger partial charge in [-0.05, 0) is 13.3 Å². The summed E-state index contributed by atoms with van der Waals surface area (Å²) in [5, 5.41) is 2.51. The molecule has 0 aromatic carbocycles. The van der Waals surface area contributed by atoms with Gasteiger partial charge in [-0.15, -0.1) is 0 Å². The molecule has 1 N–H and O–H groups in total. The second-order valence-corrected chi connectivity index (χ2v) is 3.66. The van der Waals surface area contributed by atoms with Crippen molar-refractivity contribution < 1.29 is 23.8 Å². The van der Waals surface area contributed by atoms with Crippen LogP contribution in [-0.4, -0.2) is 58.4 Å². The summed E-state index contributed by atoms with van der Waals surface area (Å²) in [6, 6.07) is 0. The maximum Gasteiger partial charge on any atom is 0.246 e. The molecule has 6 nitrogen and oxygen atoms in total. The van der Waals surface area contributed by atoms with Crippen LogP contribution in [0.3, 0.4) is 0 Å². The van der Waals surface area contributed by atoms with Gasteiger partial charge in [-0.25, -0.2) is 0 Å². The Morgan fingerprint density at radius 2 is 1.83 bits per heavy atom. The van der Waals surface area contributed by atoms with E-state index in [1.165, 1.54) is 0 Å². The number of hydrogen-bond acceptors (Lipinski definition) is 5. The molecule has 0 aliphatic heterocycles. The van der Waals surface area contributed by atoms with Gasteiger partial charge in [0.2, 0.25) is 5.91 Å². The van der Waals surface area contributed by atoms with Crippen LogP contribution in [0.15, 0.2) is 0 Å². The number of amides is 1. The maximum atomic E-state index is 11.3. The molecule has 6 heteroatoms. The van der Waals surface area contributed by atoms with Gasteiger partial charge in [-0.2, -0.15) is 0 Å². The molecule has 0 fully saturated rings. The van der Waals surface area contributed by atoms with E-state index >= 15 is 0 Å². The number of ketones is 1. The maximum absolute atomic E-state index is 11.3. The molecular formula is C12H23NO5. The molecule has 106 valence electrons. The number of nitrogens with one attached hydrogen (secondary N) is 1. The molecule has 0 rings (SSSR count). The zero-order valence-corrected chi connectivity index (χ0v) is 11.2. The SMILES string of the molecule is CCOCCOCC(=O)NCC(=O)CCCOC. The second-order valence-electron chi connectivity index (χ2n) is 3.66. The quantitative estimate of drug-likeness (QED) is 0.506. The van der Waals surface area contributed by atoms with Crippen molar-refractivity contribution in [2.75, 3.05) is 46.7 Å². The van der Waals surface area contributed by atoms with E-state index in [1.807, 2.05) is 6.92 Å². The second kappa shape index (κ2) is 12.5. The summed E-state index contributed by atoms with van der Waals surface area (Å²) in [5.74, 6) is -0.290. The smallest absolute Gasteiger partial charge is 0.246 e. The van der Waals surface area contributed by atoms with Crippen LogP contribution in [0.2, 0.25) is 0 Å². The molecule has 0 bridgehead atoms. The lowest BCUT2D eigenvalue weighted by molar-refractivity contribution is -0.128. The van der Waals surface area contributed by atoms with Crippen molar-refractivity contribution in [3.05, 3.63) is 0 Å². The first-order chi connectivity index (χ1) is 8.70. The fourth-order valence-corrected chi connectivity index (χ4v) is 1.18. The zero-order valence-electron chi connectivity index (χ0n) is 11.2. The Bertz CT molecular complexity index is 233. The molecule has 0 heterocycles. The van der Waals surface area contributed by atoms with Crippen LogP contribution < -0.4 is 5.32 Å². The number of Topliss-reactive ketones (excluding diaryl/α,β-unsaturated/α-hetero) is 1. The predicted octanol–water partition coefficient (Wildman–Crippen LogP) is 0.151. The van der Waals surface area contributed by atoms with E-state index in [-0.39, 0.29) is 24.8 Å². The molecule has 0 aliphatic carbocycles. The van der Waals surface area contributed by atoms with Crippen molar-refractivity contribution in [2.45, 2.75) is 19.8 Å². The van der Waals surface area contributed by atoms with Gasteiger partial charge < -0.3 is 19.5 Å². The summed E-state index contributed by atoms with van der Waals surface area (Å²) in [5.41, 5.74) is 0. The molecule has 0 spiro atoms. The Hall–Kier alpha value is -0.980. The first-order valence-corrected chi connectivity index (χ1v) is 6.13. The fourth-order valence-electron chi connectivity index (χ4n) is 1.18. The lowest BCUT2D eigenvalue weighted by atomic mass is 10.2. The molecule has 0 radical (unpaired) electrons. The fraction of sp³-hybridized carbons (Fsp3) is 0.833. The van der Waals surface area contributed by atoms with Gasteiger partial charge in [0, 0.05) is 26.7 Å². The highest BCUT2D eigenvalue weighted by molar-refractivity contribution is 5.86. The van der Waals surface area contributed by atoms with Crippen molar-refractivity contribution in [3.8, 4) is 0 Å². The van der Waals surface area contributed by atoms with Crippen molar-refractivity contribution in [3.63, 3.8) is 0 Å². The van der Waals surface area contributed by atoms with E-state index < -0.39 is 0 Å². The number of ether oxygens (including phenoxy) is 3. The minimum Gasteiger partial charge on any atom is -0.385 e. The van der Waals surface area contributed by atoms with Crippen molar-refractivity contribution in [1.29, 1.82) is 0 Å². The summed E-state index contributed by atoms with van der Waals surface area (Å²) in [6.07, 6.45) is 1.09. The monoisotopic (exact) mass is 261 g/mol. The lowest BCUT2D eigenvalue weighted by Crippen LogP contribution is -2.32. The number of carbonyl (C=O) groups excluding carboxylic acids is 2. The Morgan fingerprint density at radius 1 is 1.11 bits per heavy atom. The van der Waals surface area contributed by atoms with Crippen LogP contribution in [-0.2, 0) is 23.8 Å². The van der Waals surface area contributed by atoms with Crippen LogP contribution in [0, 0.1) is 0 Å². The third-order valence-electron chi connectivity index (χ3n) is 2.10. The number of methoxy groups -OCH3 is 1. The van der Waals surface area contributed by atoms with Gasteiger partial charge >= 0.3 is 0 Å². The topological polar surface area (TPSA) is 73.9 Å². The summed E-state index contributed by atoms with van der Waals surface area (Å²) >= 11 is 0. The Balaban J connectivity index is 3.37. The molecule has 0 aliphatic rings. The van der Waals surface area contributed by atoms with E-state index in [0.717, 1.165) is 0 Å². The molecule has 0 unspecified atom stereocenters. The van der Waals surface area contributed by atoms with Crippen LogP contribution in [0.5, 0.6) is 0 Å². The number of rotatable bonds is 12. The van der Waals surface area contributed by atoms with E-state index in [4.69, 9.17) is 14.2 Å². The zero-order chi connectivity index (χ0) is 13.6. The molecule has 18 heavy (non-hydrogen) atoms. The van der Waals surface area contributed by atoms with E-state index in [1.54, 1.807) is 7.11 Å². The van der Waals surface area contributed by atoms with Gasteiger partial charge in [0.15, 0.2) is 5.78 Å². The third-order valence-corrected chi connectivity index (χ3v) is 2.10. The van der Waals surface area contributed by atoms with Crippen molar-refractivity contribution in [1.82, 2.24) is 5.32 Å². The normalized spacial score (nSPS) is 10.3. The molecule has 1 amide bonds. The Labute approximate surface area is 108 Å².